The Balaban J connectivity index is 1.22. The van der Waals surface area contributed by atoms with E-state index in [-0.39, 0.29) is 5.78 Å². The number of Topliss-reactive ketones (excluding diaryl/α,β-unsaturated/α-hetero) is 1. The van der Waals surface area contributed by atoms with E-state index in [1.807, 2.05) is 42.6 Å². The molecule has 1 aromatic carbocycles. The molecule has 1 aliphatic heterocycles. The summed E-state index contributed by atoms with van der Waals surface area (Å²) < 4.78 is 5.93. The van der Waals surface area contributed by atoms with Crippen LogP contribution in [0.1, 0.15) is 12.5 Å². The SMILES string of the molecule is CC(=O)CN1CCN(Cc2cnc3cc(Oc4ccc(-c5ccn[nH]5)cn4)ccc3c2)CC1. The first kappa shape index (κ1) is 21.2. The van der Waals surface area contributed by atoms with Crippen molar-refractivity contribution in [2.45, 2.75) is 13.5 Å². The average Bonchev–Trinajstić information content (AvgIpc) is 3.36. The Labute approximate surface area is 192 Å². The molecule has 0 amide bonds. The Morgan fingerprint density at radius 2 is 1.85 bits per heavy atom. The highest BCUT2D eigenvalue weighted by Crippen LogP contribution is 2.26. The number of aromatic nitrogens is 4. The average molecular weight is 443 g/mol. The van der Waals surface area contributed by atoms with E-state index in [4.69, 9.17) is 4.74 Å². The van der Waals surface area contributed by atoms with Crippen molar-refractivity contribution in [3.8, 4) is 22.9 Å². The number of benzene rings is 1. The fraction of sp³-hybridized carbons (Fsp3) is 0.280. The van der Waals surface area contributed by atoms with Gasteiger partial charge in [-0.1, -0.05) is 0 Å². The van der Waals surface area contributed by atoms with Gasteiger partial charge in [0.05, 0.1) is 17.8 Å². The Morgan fingerprint density at radius 3 is 2.58 bits per heavy atom. The van der Waals surface area contributed by atoms with Crippen LogP contribution in [-0.4, -0.2) is 68.5 Å². The number of hydrogen-bond acceptors (Lipinski definition) is 7. The van der Waals surface area contributed by atoms with Crippen LogP contribution in [0, 0.1) is 0 Å². The van der Waals surface area contributed by atoms with E-state index in [9.17, 15) is 4.79 Å². The number of aromatic amines is 1. The molecule has 0 spiro atoms. The van der Waals surface area contributed by atoms with Crippen LogP contribution < -0.4 is 4.74 Å². The van der Waals surface area contributed by atoms with E-state index >= 15 is 0 Å². The highest BCUT2D eigenvalue weighted by molar-refractivity contribution is 5.80. The lowest BCUT2D eigenvalue weighted by Gasteiger charge is -2.34. The van der Waals surface area contributed by atoms with Gasteiger partial charge < -0.3 is 4.74 Å². The summed E-state index contributed by atoms with van der Waals surface area (Å²) in [5.74, 6) is 1.46. The van der Waals surface area contributed by atoms with Crippen molar-refractivity contribution in [3.63, 3.8) is 0 Å². The molecule has 1 aliphatic rings. The van der Waals surface area contributed by atoms with Gasteiger partial charge >= 0.3 is 0 Å². The van der Waals surface area contributed by atoms with Gasteiger partial charge in [-0.15, -0.1) is 0 Å². The largest absolute Gasteiger partial charge is 0.439 e. The summed E-state index contributed by atoms with van der Waals surface area (Å²) in [5.41, 5.74) is 3.94. The lowest BCUT2D eigenvalue weighted by atomic mass is 10.1. The van der Waals surface area contributed by atoms with Gasteiger partial charge in [-0.05, 0) is 42.8 Å². The van der Waals surface area contributed by atoms with Crippen LogP contribution in [0.15, 0.2) is 61.1 Å². The second-order valence-electron chi connectivity index (χ2n) is 8.41. The molecule has 0 radical (unpaired) electrons. The third-order valence-electron chi connectivity index (χ3n) is 5.80. The Hall–Kier alpha value is -3.62. The number of ether oxygens (including phenoxy) is 1. The molecule has 4 aromatic rings. The predicted octanol–water partition coefficient (Wildman–Crippen LogP) is 3.52. The van der Waals surface area contributed by atoms with Crippen LogP contribution >= 0.6 is 0 Å². The molecule has 1 fully saturated rings. The predicted molar refractivity (Wildman–Crippen MR) is 126 cm³/mol. The number of nitrogens with one attached hydrogen (secondary N) is 1. The monoisotopic (exact) mass is 442 g/mol. The lowest BCUT2D eigenvalue weighted by molar-refractivity contribution is -0.118. The summed E-state index contributed by atoms with van der Waals surface area (Å²) in [6.07, 6.45) is 5.41. The maximum atomic E-state index is 11.3. The van der Waals surface area contributed by atoms with Crippen LogP contribution in [0.2, 0.25) is 0 Å². The first-order valence-electron chi connectivity index (χ1n) is 11.1. The summed E-state index contributed by atoms with van der Waals surface area (Å²) >= 11 is 0. The molecule has 4 heterocycles. The van der Waals surface area contributed by atoms with Crippen molar-refractivity contribution in [2.75, 3.05) is 32.7 Å². The number of ketones is 1. The van der Waals surface area contributed by atoms with Crippen LogP contribution in [0.5, 0.6) is 11.6 Å². The van der Waals surface area contributed by atoms with Crippen LogP contribution in [0.3, 0.4) is 0 Å². The number of nitrogens with zero attached hydrogens (tertiary/aromatic N) is 5. The normalized spacial score (nSPS) is 15.1. The second-order valence-corrected chi connectivity index (χ2v) is 8.41. The van der Waals surface area contributed by atoms with Crippen molar-refractivity contribution in [3.05, 3.63) is 66.6 Å². The molecular weight excluding hydrogens is 416 g/mol. The maximum absolute atomic E-state index is 11.3. The number of hydrogen-bond donors (Lipinski definition) is 1. The first-order chi connectivity index (χ1) is 16.1. The number of pyridine rings is 2. The summed E-state index contributed by atoms with van der Waals surface area (Å²) in [5, 5.41) is 7.97. The molecule has 0 bridgehead atoms. The van der Waals surface area contributed by atoms with E-state index in [2.05, 4.69) is 36.0 Å². The zero-order valence-electron chi connectivity index (χ0n) is 18.6. The molecule has 8 nitrogen and oxygen atoms in total. The highest BCUT2D eigenvalue weighted by Gasteiger charge is 2.18. The summed E-state index contributed by atoms with van der Waals surface area (Å²) in [7, 11) is 0. The Bertz CT molecular complexity index is 1230. The highest BCUT2D eigenvalue weighted by atomic mass is 16.5. The van der Waals surface area contributed by atoms with E-state index < -0.39 is 0 Å². The van der Waals surface area contributed by atoms with Crippen LogP contribution in [-0.2, 0) is 11.3 Å². The molecule has 0 atom stereocenters. The molecular formula is C25H26N6O2. The fourth-order valence-electron chi connectivity index (χ4n) is 4.11. The van der Waals surface area contributed by atoms with Crippen LogP contribution in [0.25, 0.3) is 22.2 Å². The minimum absolute atomic E-state index is 0.229. The van der Waals surface area contributed by atoms with Gasteiger partial charge in [0.2, 0.25) is 5.88 Å². The first-order valence-corrected chi connectivity index (χ1v) is 11.1. The second kappa shape index (κ2) is 9.48. The van der Waals surface area contributed by atoms with Crippen molar-refractivity contribution in [1.29, 1.82) is 0 Å². The van der Waals surface area contributed by atoms with Gasteiger partial charge in [0.1, 0.15) is 11.5 Å². The van der Waals surface area contributed by atoms with Gasteiger partial charge in [-0.3, -0.25) is 24.7 Å². The van der Waals surface area contributed by atoms with Crippen LogP contribution in [0.4, 0.5) is 0 Å². The van der Waals surface area contributed by atoms with Gasteiger partial charge in [0, 0.05) is 74.4 Å². The summed E-state index contributed by atoms with van der Waals surface area (Å²) in [6.45, 7) is 6.85. The number of H-pyrrole nitrogens is 1. The number of piperazine rings is 1. The molecule has 5 rings (SSSR count). The quantitative estimate of drug-likeness (QED) is 0.469. The lowest BCUT2D eigenvalue weighted by Crippen LogP contribution is -2.47. The fourth-order valence-corrected chi connectivity index (χ4v) is 4.11. The third kappa shape index (κ3) is 5.24. The molecule has 8 heteroatoms. The molecule has 1 N–H and O–H groups in total. The zero-order chi connectivity index (χ0) is 22.6. The van der Waals surface area contributed by atoms with E-state index in [0.29, 0.717) is 18.2 Å². The molecule has 0 aliphatic carbocycles. The molecule has 3 aromatic heterocycles. The summed E-state index contributed by atoms with van der Waals surface area (Å²) in [6, 6.07) is 13.8. The number of carbonyl (C=O) groups is 1. The minimum atomic E-state index is 0.229. The number of carbonyl (C=O) groups excluding carboxylic acids is 1. The van der Waals surface area contributed by atoms with Crippen molar-refractivity contribution < 1.29 is 9.53 Å². The van der Waals surface area contributed by atoms with Gasteiger partial charge in [0.25, 0.3) is 0 Å². The van der Waals surface area contributed by atoms with Crippen molar-refractivity contribution in [2.24, 2.45) is 0 Å². The smallest absolute Gasteiger partial charge is 0.219 e. The van der Waals surface area contributed by atoms with Gasteiger partial charge in [-0.25, -0.2) is 4.98 Å². The molecule has 0 unspecified atom stereocenters. The molecule has 33 heavy (non-hydrogen) atoms. The number of fused-ring (bicyclic) bond motifs is 1. The topological polar surface area (TPSA) is 87.2 Å². The van der Waals surface area contributed by atoms with E-state index in [1.165, 1.54) is 5.56 Å². The maximum Gasteiger partial charge on any atom is 0.219 e. The standard InChI is InChI=1S/C25H26N6O2/c1-18(32)16-30-8-10-31(11-9-30)17-19-12-20-2-4-22(13-24(20)26-14-19)33-25-5-3-21(15-27-25)23-6-7-28-29-23/h2-7,12-15H,8-11,16-17H2,1H3,(H,28,29). The van der Waals surface area contributed by atoms with Gasteiger partial charge in [0.15, 0.2) is 0 Å². The molecule has 168 valence electrons. The Kier molecular flexibility index (Phi) is 6.10. The van der Waals surface area contributed by atoms with Crippen molar-refractivity contribution in [1.82, 2.24) is 30.0 Å². The molecule has 0 saturated carbocycles. The van der Waals surface area contributed by atoms with Crippen molar-refractivity contribution >= 4 is 16.7 Å². The third-order valence-corrected chi connectivity index (χ3v) is 5.80. The van der Waals surface area contributed by atoms with Gasteiger partial charge in [-0.2, -0.15) is 5.10 Å². The Morgan fingerprint density at radius 1 is 1.00 bits per heavy atom. The van der Waals surface area contributed by atoms with E-state index in [1.54, 1.807) is 19.3 Å². The molecule has 1 saturated heterocycles. The van der Waals surface area contributed by atoms with E-state index in [0.717, 1.165) is 54.9 Å². The zero-order valence-corrected chi connectivity index (χ0v) is 18.6. The summed E-state index contributed by atoms with van der Waals surface area (Å²) in [4.78, 5) is 25.0. The minimum Gasteiger partial charge on any atom is -0.439 e. The number of rotatable bonds is 7.